The fourth-order valence-corrected chi connectivity index (χ4v) is 3.79. The van der Waals surface area contributed by atoms with E-state index in [1.165, 1.54) is 25.7 Å². The molecule has 1 aromatic heterocycles. The summed E-state index contributed by atoms with van der Waals surface area (Å²) >= 11 is 0. The Morgan fingerprint density at radius 3 is 2.70 bits per heavy atom. The number of piperidine rings is 1. The van der Waals surface area contributed by atoms with Crippen molar-refractivity contribution in [3.05, 3.63) is 24.2 Å². The van der Waals surface area contributed by atoms with Crippen LogP contribution in [-0.4, -0.2) is 48.6 Å². The highest BCUT2D eigenvalue weighted by Crippen LogP contribution is 2.24. The normalized spacial score (nSPS) is 20.7. The van der Waals surface area contributed by atoms with Gasteiger partial charge in [0.1, 0.15) is 5.76 Å². The van der Waals surface area contributed by atoms with Crippen LogP contribution >= 0.6 is 0 Å². The second-order valence-electron chi connectivity index (χ2n) is 7.08. The van der Waals surface area contributed by atoms with Gasteiger partial charge >= 0.3 is 6.03 Å². The average Bonchev–Trinajstić information content (AvgIpc) is 3.25. The maximum atomic E-state index is 12.8. The SMILES string of the molecule is CN1CCC(N(Cc2ccco2)C(=O)NCC2CCCC2)CC1. The van der Waals surface area contributed by atoms with Crippen LogP contribution in [0, 0.1) is 5.92 Å². The first-order chi connectivity index (χ1) is 11.2. The minimum absolute atomic E-state index is 0.0721. The molecule has 0 aromatic carbocycles. The van der Waals surface area contributed by atoms with Crippen molar-refractivity contribution >= 4 is 6.03 Å². The Morgan fingerprint density at radius 2 is 2.04 bits per heavy atom. The molecule has 0 unspecified atom stereocenters. The molecule has 2 fully saturated rings. The van der Waals surface area contributed by atoms with Crippen LogP contribution < -0.4 is 5.32 Å². The van der Waals surface area contributed by atoms with Gasteiger partial charge in [-0.2, -0.15) is 0 Å². The molecule has 23 heavy (non-hydrogen) atoms. The zero-order chi connectivity index (χ0) is 16.1. The van der Waals surface area contributed by atoms with Gasteiger partial charge in [0.25, 0.3) is 0 Å². The lowest BCUT2D eigenvalue weighted by Crippen LogP contribution is -2.50. The third-order valence-corrected chi connectivity index (χ3v) is 5.31. The topological polar surface area (TPSA) is 48.7 Å². The van der Waals surface area contributed by atoms with Crippen molar-refractivity contribution in [2.24, 2.45) is 5.92 Å². The van der Waals surface area contributed by atoms with E-state index in [4.69, 9.17) is 4.42 Å². The van der Waals surface area contributed by atoms with Gasteiger partial charge in [-0.25, -0.2) is 4.79 Å². The first-order valence-electron chi connectivity index (χ1n) is 8.98. The molecule has 1 aliphatic heterocycles. The van der Waals surface area contributed by atoms with Crippen LogP contribution in [0.5, 0.6) is 0 Å². The molecule has 5 heteroatoms. The molecule has 0 radical (unpaired) electrons. The van der Waals surface area contributed by atoms with Gasteiger partial charge in [0.2, 0.25) is 0 Å². The number of nitrogens with zero attached hydrogens (tertiary/aromatic N) is 2. The Kier molecular flexibility index (Phi) is 5.60. The summed E-state index contributed by atoms with van der Waals surface area (Å²) < 4.78 is 5.47. The first-order valence-corrected chi connectivity index (χ1v) is 8.98. The van der Waals surface area contributed by atoms with Gasteiger partial charge in [0.05, 0.1) is 12.8 Å². The number of carbonyl (C=O) groups is 1. The van der Waals surface area contributed by atoms with Gasteiger partial charge in [-0.15, -0.1) is 0 Å². The molecule has 0 spiro atoms. The molecule has 2 aliphatic rings. The molecule has 2 heterocycles. The summed E-state index contributed by atoms with van der Waals surface area (Å²) in [5.41, 5.74) is 0. The Morgan fingerprint density at radius 1 is 1.30 bits per heavy atom. The van der Waals surface area contributed by atoms with E-state index >= 15 is 0 Å². The van der Waals surface area contributed by atoms with E-state index in [0.29, 0.717) is 18.5 Å². The highest BCUT2D eigenvalue weighted by molar-refractivity contribution is 5.74. The molecule has 5 nitrogen and oxygen atoms in total. The molecular formula is C18H29N3O2. The number of urea groups is 1. The van der Waals surface area contributed by atoms with Crippen LogP contribution in [0.3, 0.4) is 0 Å². The lowest BCUT2D eigenvalue weighted by Gasteiger charge is -2.37. The van der Waals surface area contributed by atoms with Crippen molar-refractivity contribution < 1.29 is 9.21 Å². The third-order valence-electron chi connectivity index (χ3n) is 5.31. The zero-order valence-electron chi connectivity index (χ0n) is 14.2. The smallest absolute Gasteiger partial charge is 0.318 e. The van der Waals surface area contributed by atoms with Crippen molar-refractivity contribution in [2.75, 3.05) is 26.7 Å². The number of nitrogens with one attached hydrogen (secondary N) is 1. The highest BCUT2D eigenvalue weighted by atomic mass is 16.3. The van der Waals surface area contributed by atoms with E-state index in [9.17, 15) is 4.79 Å². The Bertz CT molecular complexity index is 474. The number of rotatable bonds is 5. The summed E-state index contributed by atoms with van der Waals surface area (Å²) in [6, 6.07) is 4.22. The minimum Gasteiger partial charge on any atom is -0.467 e. The van der Waals surface area contributed by atoms with Gasteiger partial charge in [-0.05, 0) is 63.9 Å². The van der Waals surface area contributed by atoms with Gasteiger partial charge < -0.3 is 19.5 Å². The maximum Gasteiger partial charge on any atom is 0.318 e. The number of hydrogen-bond acceptors (Lipinski definition) is 3. The number of amides is 2. The van der Waals surface area contributed by atoms with E-state index in [0.717, 1.165) is 38.2 Å². The predicted molar refractivity (Wildman–Crippen MR) is 90.1 cm³/mol. The van der Waals surface area contributed by atoms with Gasteiger partial charge in [0, 0.05) is 12.6 Å². The highest BCUT2D eigenvalue weighted by Gasteiger charge is 2.28. The Balaban J connectivity index is 1.59. The molecule has 1 aliphatic carbocycles. The molecule has 1 saturated heterocycles. The summed E-state index contributed by atoms with van der Waals surface area (Å²) in [6.07, 6.45) is 8.89. The lowest BCUT2D eigenvalue weighted by molar-refractivity contribution is 0.121. The first kappa shape index (κ1) is 16.4. The average molecular weight is 319 g/mol. The molecule has 0 atom stereocenters. The molecule has 2 amide bonds. The van der Waals surface area contributed by atoms with Crippen LogP contribution in [0.15, 0.2) is 22.8 Å². The van der Waals surface area contributed by atoms with Crippen LogP contribution in [0.2, 0.25) is 0 Å². The summed E-state index contributed by atoms with van der Waals surface area (Å²) in [5, 5.41) is 3.18. The molecule has 1 saturated carbocycles. The van der Waals surface area contributed by atoms with Crippen molar-refractivity contribution in [2.45, 2.75) is 51.1 Å². The summed E-state index contributed by atoms with van der Waals surface area (Å²) in [5.74, 6) is 1.53. The summed E-state index contributed by atoms with van der Waals surface area (Å²) in [6.45, 7) is 3.49. The van der Waals surface area contributed by atoms with Gasteiger partial charge in [-0.1, -0.05) is 12.8 Å². The molecule has 1 N–H and O–H groups in total. The number of likely N-dealkylation sites (tertiary alicyclic amines) is 1. The standard InChI is InChI=1S/C18H29N3O2/c1-20-10-8-16(9-11-20)21(14-17-7-4-12-23-17)18(22)19-13-15-5-2-3-6-15/h4,7,12,15-16H,2-3,5-6,8-11,13-14H2,1H3,(H,19,22). The Hall–Kier alpha value is -1.49. The second kappa shape index (κ2) is 7.86. The third kappa shape index (κ3) is 4.50. The quantitative estimate of drug-likeness (QED) is 0.907. The lowest BCUT2D eigenvalue weighted by atomic mass is 10.0. The molecular weight excluding hydrogens is 290 g/mol. The number of hydrogen-bond donors (Lipinski definition) is 1. The Labute approximate surface area is 139 Å². The zero-order valence-corrected chi connectivity index (χ0v) is 14.2. The minimum atomic E-state index is 0.0721. The molecule has 0 bridgehead atoms. The molecule has 1 aromatic rings. The van der Waals surface area contributed by atoms with E-state index in [1.54, 1.807) is 6.26 Å². The van der Waals surface area contributed by atoms with Crippen LogP contribution in [0.4, 0.5) is 4.79 Å². The van der Waals surface area contributed by atoms with E-state index < -0.39 is 0 Å². The van der Waals surface area contributed by atoms with Crippen molar-refractivity contribution in [3.8, 4) is 0 Å². The summed E-state index contributed by atoms with van der Waals surface area (Å²) in [7, 11) is 2.15. The number of furan rings is 1. The molecule has 128 valence electrons. The fourth-order valence-electron chi connectivity index (χ4n) is 3.79. The van der Waals surface area contributed by atoms with E-state index in [-0.39, 0.29) is 6.03 Å². The van der Waals surface area contributed by atoms with Crippen LogP contribution in [0.25, 0.3) is 0 Å². The summed E-state index contributed by atoms with van der Waals surface area (Å²) in [4.78, 5) is 17.1. The predicted octanol–water partition coefficient (Wildman–Crippen LogP) is 3.08. The number of carbonyl (C=O) groups excluding carboxylic acids is 1. The monoisotopic (exact) mass is 319 g/mol. The van der Waals surface area contributed by atoms with E-state index in [2.05, 4.69) is 17.3 Å². The van der Waals surface area contributed by atoms with Crippen molar-refractivity contribution in [1.82, 2.24) is 15.1 Å². The van der Waals surface area contributed by atoms with Crippen LogP contribution in [-0.2, 0) is 6.54 Å². The molecule has 3 rings (SSSR count). The fraction of sp³-hybridized carbons (Fsp3) is 0.722. The van der Waals surface area contributed by atoms with Gasteiger partial charge in [0.15, 0.2) is 0 Å². The van der Waals surface area contributed by atoms with Crippen molar-refractivity contribution in [1.29, 1.82) is 0 Å². The largest absolute Gasteiger partial charge is 0.467 e. The van der Waals surface area contributed by atoms with Crippen molar-refractivity contribution in [3.63, 3.8) is 0 Å². The second-order valence-corrected chi connectivity index (χ2v) is 7.08. The van der Waals surface area contributed by atoms with Crippen LogP contribution in [0.1, 0.15) is 44.3 Å². The maximum absolute atomic E-state index is 12.8. The van der Waals surface area contributed by atoms with Gasteiger partial charge in [-0.3, -0.25) is 0 Å². The van der Waals surface area contributed by atoms with E-state index in [1.807, 2.05) is 17.0 Å².